The summed E-state index contributed by atoms with van der Waals surface area (Å²) >= 11 is 3.79. The molecular weight excluding hydrogens is 212 g/mol. The molecule has 1 fully saturated rings. The Bertz CT molecular complexity index is 118. The molecule has 1 aliphatic rings. The summed E-state index contributed by atoms with van der Waals surface area (Å²) in [6.45, 7) is 4.66. The largest absolute Gasteiger partial charge is 0.0888 e. The molecule has 1 rings (SSSR count). The molecule has 0 aromatic rings. The maximum atomic E-state index is 3.79. The van der Waals surface area contributed by atoms with Crippen molar-refractivity contribution in [3.05, 3.63) is 0 Å². The van der Waals surface area contributed by atoms with Crippen LogP contribution in [0.3, 0.4) is 0 Å². The van der Waals surface area contributed by atoms with E-state index in [0.29, 0.717) is 0 Å². The van der Waals surface area contributed by atoms with E-state index in [-0.39, 0.29) is 0 Å². The maximum absolute atomic E-state index is 3.79. The van der Waals surface area contributed by atoms with Gasteiger partial charge in [0, 0.05) is 4.83 Å². The third-order valence-electron chi connectivity index (χ3n) is 3.11. The summed E-state index contributed by atoms with van der Waals surface area (Å²) in [5.74, 6) is 1.95. The summed E-state index contributed by atoms with van der Waals surface area (Å²) in [5.41, 5.74) is 0. The SMILES string of the molecule is CCCC(Br)C(C)CC1CCC1. The maximum Gasteiger partial charge on any atom is 0.0171 e. The quantitative estimate of drug-likeness (QED) is 0.618. The van der Waals surface area contributed by atoms with E-state index in [1.54, 1.807) is 0 Å². The van der Waals surface area contributed by atoms with Crippen LogP contribution in [0, 0.1) is 11.8 Å². The van der Waals surface area contributed by atoms with E-state index in [2.05, 4.69) is 29.8 Å². The fraction of sp³-hybridized carbons (Fsp3) is 1.00. The van der Waals surface area contributed by atoms with Crippen LogP contribution in [0.5, 0.6) is 0 Å². The second-order valence-corrected chi connectivity index (χ2v) is 5.49. The zero-order valence-electron chi connectivity index (χ0n) is 8.35. The molecule has 0 radical (unpaired) electrons. The zero-order chi connectivity index (χ0) is 8.97. The number of hydrogen-bond donors (Lipinski definition) is 0. The van der Waals surface area contributed by atoms with E-state index in [9.17, 15) is 0 Å². The fourth-order valence-corrected chi connectivity index (χ4v) is 2.64. The lowest BCUT2D eigenvalue weighted by molar-refractivity contribution is 0.253. The number of rotatable bonds is 5. The third kappa shape index (κ3) is 3.08. The average molecular weight is 233 g/mol. The molecule has 0 bridgehead atoms. The van der Waals surface area contributed by atoms with Gasteiger partial charge in [0.1, 0.15) is 0 Å². The van der Waals surface area contributed by atoms with Crippen molar-refractivity contribution < 1.29 is 0 Å². The van der Waals surface area contributed by atoms with Crippen molar-refractivity contribution in [2.75, 3.05) is 0 Å². The summed E-state index contributed by atoms with van der Waals surface area (Å²) in [7, 11) is 0. The Hall–Kier alpha value is 0.480. The Kier molecular flexibility index (Phi) is 4.63. The van der Waals surface area contributed by atoms with Gasteiger partial charge in [0.15, 0.2) is 0 Å². The van der Waals surface area contributed by atoms with Gasteiger partial charge in [-0.15, -0.1) is 0 Å². The van der Waals surface area contributed by atoms with E-state index in [1.165, 1.54) is 38.5 Å². The highest BCUT2D eigenvalue weighted by Crippen LogP contribution is 2.35. The Labute approximate surface area is 85.3 Å². The van der Waals surface area contributed by atoms with Crippen LogP contribution in [0.15, 0.2) is 0 Å². The minimum atomic E-state index is 0.767. The Morgan fingerprint density at radius 3 is 2.50 bits per heavy atom. The normalized spacial score (nSPS) is 23.2. The van der Waals surface area contributed by atoms with Crippen LogP contribution in [-0.2, 0) is 0 Å². The van der Waals surface area contributed by atoms with Crippen molar-refractivity contribution in [3.8, 4) is 0 Å². The van der Waals surface area contributed by atoms with Crippen LogP contribution in [0.25, 0.3) is 0 Å². The van der Waals surface area contributed by atoms with Crippen LogP contribution >= 0.6 is 15.9 Å². The topological polar surface area (TPSA) is 0 Å². The molecule has 0 spiro atoms. The first-order valence-corrected chi connectivity index (χ1v) is 6.29. The number of alkyl halides is 1. The second kappa shape index (κ2) is 5.26. The summed E-state index contributed by atoms with van der Waals surface area (Å²) < 4.78 is 0. The minimum Gasteiger partial charge on any atom is -0.0888 e. The molecule has 0 saturated heterocycles. The van der Waals surface area contributed by atoms with E-state index >= 15 is 0 Å². The first-order valence-electron chi connectivity index (χ1n) is 5.38. The summed E-state index contributed by atoms with van der Waals surface area (Å²) in [4.78, 5) is 0.767. The highest BCUT2D eigenvalue weighted by Gasteiger charge is 2.22. The predicted molar refractivity (Wildman–Crippen MR) is 58.7 cm³/mol. The van der Waals surface area contributed by atoms with Gasteiger partial charge in [-0.25, -0.2) is 0 Å². The first-order chi connectivity index (χ1) is 5.74. The molecule has 1 saturated carbocycles. The third-order valence-corrected chi connectivity index (χ3v) is 4.47. The molecule has 0 amide bonds. The molecule has 0 heterocycles. The van der Waals surface area contributed by atoms with Crippen molar-refractivity contribution in [1.29, 1.82) is 0 Å². The smallest absolute Gasteiger partial charge is 0.0171 e. The highest BCUT2D eigenvalue weighted by molar-refractivity contribution is 9.09. The van der Waals surface area contributed by atoms with Gasteiger partial charge >= 0.3 is 0 Å². The molecular formula is C11H21Br. The van der Waals surface area contributed by atoms with E-state index in [1.807, 2.05) is 0 Å². The van der Waals surface area contributed by atoms with Crippen molar-refractivity contribution in [2.24, 2.45) is 11.8 Å². The van der Waals surface area contributed by atoms with Crippen molar-refractivity contribution in [3.63, 3.8) is 0 Å². The predicted octanol–water partition coefficient (Wildman–Crippen LogP) is 4.38. The van der Waals surface area contributed by atoms with Crippen molar-refractivity contribution >= 4 is 15.9 Å². The van der Waals surface area contributed by atoms with Crippen molar-refractivity contribution in [2.45, 2.75) is 57.2 Å². The Morgan fingerprint density at radius 1 is 1.42 bits per heavy atom. The molecule has 2 atom stereocenters. The Morgan fingerprint density at radius 2 is 2.08 bits per heavy atom. The van der Waals surface area contributed by atoms with Gasteiger partial charge in [-0.2, -0.15) is 0 Å². The van der Waals surface area contributed by atoms with Crippen LogP contribution in [0.2, 0.25) is 0 Å². The van der Waals surface area contributed by atoms with Crippen LogP contribution < -0.4 is 0 Å². The summed E-state index contributed by atoms with van der Waals surface area (Å²) in [6, 6.07) is 0. The van der Waals surface area contributed by atoms with Gasteiger partial charge in [-0.1, -0.05) is 55.5 Å². The molecule has 1 heteroatoms. The van der Waals surface area contributed by atoms with Gasteiger partial charge in [0.25, 0.3) is 0 Å². The van der Waals surface area contributed by atoms with Gasteiger partial charge < -0.3 is 0 Å². The molecule has 0 aromatic heterocycles. The molecule has 72 valence electrons. The first kappa shape index (κ1) is 10.6. The lowest BCUT2D eigenvalue weighted by Gasteiger charge is -2.30. The van der Waals surface area contributed by atoms with Gasteiger partial charge in [-0.3, -0.25) is 0 Å². The second-order valence-electron chi connectivity index (χ2n) is 4.31. The lowest BCUT2D eigenvalue weighted by Crippen LogP contribution is -2.19. The number of hydrogen-bond acceptors (Lipinski definition) is 0. The van der Waals surface area contributed by atoms with Gasteiger partial charge in [0.2, 0.25) is 0 Å². The van der Waals surface area contributed by atoms with Crippen LogP contribution in [0.4, 0.5) is 0 Å². The molecule has 12 heavy (non-hydrogen) atoms. The van der Waals surface area contributed by atoms with Crippen LogP contribution in [-0.4, -0.2) is 4.83 Å². The zero-order valence-corrected chi connectivity index (χ0v) is 9.94. The highest BCUT2D eigenvalue weighted by atomic mass is 79.9. The van der Waals surface area contributed by atoms with E-state index in [0.717, 1.165) is 16.7 Å². The molecule has 0 aliphatic heterocycles. The summed E-state index contributed by atoms with van der Waals surface area (Å²) in [6.07, 6.45) is 8.58. The minimum absolute atomic E-state index is 0.767. The van der Waals surface area contributed by atoms with Crippen molar-refractivity contribution in [1.82, 2.24) is 0 Å². The lowest BCUT2D eigenvalue weighted by atomic mass is 9.78. The van der Waals surface area contributed by atoms with E-state index in [4.69, 9.17) is 0 Å². The Balaban J connectivity index is 2.12. The average Bonchev–Trinajstić information content (AvgIpc) is 1.97. The summed E-state index contributed by atoms with van der Waals surface area (Å²) in [5, 5.41) is 0. The molecule has 0 aromatic carbocycles. The van der Waals surface area contributed by atoms with Gasteiger partial charge in [-0.05, 0) is 24.7 Å². The molecule has 0 N–H and O–H groups in total. The number of halogens is 1. The monoisotopic (exact) mass is 232 g/mol. The van der Waals surface area contributed by atoms with Crippen LogP contribution in [0.1, 0.15) is 52.4 Å². The molecule has 0 nitrogen and oxygen atoms in total. The molecule has 2 unspecified atom stereocenters. The van der Waals surface area contributed by atoms with E-state index < -0.39 is 0 Å². The standard InChI is InChI=1S/C11H21Br/c1-3-5-11(12)9(2)8-10-6-4-7-10/h9-11H,3-8H2,1-2H3. The van der Waals surface area contributed by atoms with Gasteiger partial charge in [0.05, 0.1) is 0 Å². The fourth-order valence-electron chi connectivity index (χ4n) is 1.96. The molecule has 1 aliphatic carbocycles.